The Hall–Kier alpha value is -1.92. The van der Waals surface area contributed by atoms with Crippen molar-refractivity contribution in [2.45, 2.75) is 6.04 Å². The molecule has 0 radical (unpaired) electrons. The van der Waals surface area contributed by atoms with E-state index in [4.69, 9.17) is 4.74 Å². The summed E-state index contributed by atoms with van der Waals surface area (Å²) in [5, 5.41) is 10.2. The minimum Gasteiger partial charge on any atom is -0.394 e. The van der Waals surface area contributed by atoms with Crippen molar-refractivity contribution in [3.05, 3.63) is 30.1 Å². The molecule has 1 atom stereocenters. The molecular formula is C13H15N3O3. The Kier molecular flexibility index (Phi) is 3.18. The van der Waals surface area contributed by atoms with Gasteiger partial charge in [-0.15, -0.1) is 0 Å². The summed E-state index contributed by atoms with van der Waals surface area (Å²) in [5.74, 6) is -0.125. The van der Waals surface area contributed by atoms with E-state index in [-0.39, 0.29) is 18.6 Å². The average Bonchev–Trinajstić information content (AvgIpc) is 2.90. The van der Waals surface area contributed by atoms with E-state index in [2.05, 4.69) is 9.97 Å². The van der Waals surface area contributed by atoms with Crippen LogP contribution >= 0.6 is 0 Å². The molecule has 1 saturated heterocycles. The maximum absolute atomic E-state index is 12.4. The predicted molar refractivity (Wildman–Crippen MR) is 68.8 cm³/mol. The van der Waals surface area contributed by atoms with Crippen LogP contribution in [-0.4, -0.2) is 58.3 Å². The summed E-state index contributed by atoms with van der Waals surface area (Å²) in [6.45, 7) is 1.28. The number of fused-ring (bicyclic) bond motifs is 1. The zero-order valence-electron chi connectivity index (χ0n) is 10.4. The number of aromatic amines is 1. The first-order valence-electron chi connectivity index (χ1n) is 6.23. The van der Waals surface area contributed by atoms with E-state index >= 15 is 0 Å². The van der Waals surface area contributed by atoms with Crippen LogP contribution in [0.15, 0.2) is 24.4 Å². The lowest BCUT2D eigenvalue weighted by atomic mass is 10.2. The van der Waals surface area contributed by atoms with Gasteiger partial charge in [0.2, 0.25) is 0 Å². The summed E-state index contributed by atoms with van der Waals surface area (Å²) >= 11 is 0. The van der Waals surface area contributed by atoms with Gasteiger partial charge < -0.3 is 19.7 Å². The Morgan fingerprint density at radius 1 is 1.63 bits per heavy atom. The van der Waals surface area contributed by atoms with Crippen LogP contribution in [0.25, 0.3) is 11.0 Å². The number of carbonyl (C=O) groups is 1. The van der Waals surface area contributed by atoms with Crippen molar-refractivity contribution >= 4 is 16.9 Å². The van der Waals surface area contributed by atoms with Gasteiger partial charge in [0, 0.05) is 18.1 Å². The molecule has 2 aromatic heterocycles. The van der Waals surface area contributed by atoms with Crippen LogP contribution in [0, 0.1) is 0 Å². The van der Waals surface area contributed by atoms with Gasteiger partial charge in [-0.2, -0.15) is 0 Å². The van der Waals surface area contributed by atoms with Crippen molar-refractivity contribution in [3.8, 4) is 0 Å². The number of aliphatic hydroxyl groups is 1. The van der Waals surface area contributed by atoms with E-state index in [1.54, 1.807) is 17.2 Å². The number of carbonyl (C=O) groups excluding carboxylic acids is 1. The van der Waals surface area contributed by atoms with Crippen molar-refractivity contribution in [2.24, 2.45) is 0 Å². The molecule has 0 unspecified atom stereocenters. The molecule has 3 heterocycles. The minimum atomic E-state index is -0.277. The maximum Gasteiger partial charge on any atom is 0.270 e. The smallest absolute Gasteiger partial charge is 0.270 e. The first-order valence-corrected chi connectivity index (χ1v) is 6.23. The molecule has 6 heteroatoms. The number of nitrogens with zero attached hydrogens (tertiary/aromatic N) is 2. The SMILES string of the molecule is O=C(c1cc2cccnc2[nH]1)N1CCOC[C@H]1CO. The maximum atomic E-state index is 12.4. The van der Waals surface area contributed by atoms with Gasteiger partial charge in [-0.3, -0.25) is 4.79 Å². The third-order valence-electron chi connectivity index (χ3n) is 3.32. The van der Waals surface area contributed by atoms with E-state index < -0.39 is 0 Å². The van der Waals surface area contributed by atoms with Crippen LogP contribution in [0.2, 0.25) is 0 Å². The molecule has 1 amide bonds. The molecule has 0 bridgehead atoms. The van der Waals surface area contributed by atoms with E-state index in [0.717, 1.165) is 5.39 Å². The average molecular weight is 261 g/mol. The quantitative estimate of drug-likeness (QED) is 0.820. The van der Waals surface area contributed by atoms with Crippen LogP contribution in [0.5, 0.6) is 0 Å². The highest BCUT2D eigenvalue weighted by atomic mass is 16.5. The van der Waals surface area contributed by atoms with Crippen LogP contribution < -0.4 is 0 Å². The summed E-state index contributed by atoms with van der Waals surface area (Å²) in [6, 6.07) is 5.24. The Morgan fingerprint density at radius 3 is 3.32 bits per heavy atom. The number of morpholine rings is 1. The number of amides is 1. The zero-order valence-corrected chi connectivity index (χ0v) is 10.4. The van der Waals surface area contributed by atoms with E-state index in [1.165, 1.54) is 0 Å². The number of aliphatic hydroxyl groups excluding tert-OH is 1. The second kappa shape index (κ2) is 4.99. The number of hydrogen-bond donors (Lipinski definition) is 2. The number of aromatic nitrogens is 2. The molecule has 0 saturated carbocycles. The van der Waals surface area contributed by atoms with Gasteiger partial charge in [-0.25, -0.2) is 4.98 Å². The third kappa shape index (κ3) is 2.20. The first-order chi connectivity index (χ1) is 9.29. The van der Waals surface area contributed by atoms with E-state index in [0.29, 0.717) is 31.1 Å². The summed E-state index contributed by atoms with van der Waals surface area (Å²) in [4.78, 5) is 21.3. The fourth-order valence-electron chi connectivity index (χ4n) is 2.30. The van der Waals surface area contributed by atoms with Gasteiger partial charge in [-0.05, 0) is 18.2 Å². The summed E-state index contributed by atoms with van der Waals surface area (Å²) < 4.78 is 5.27. The van der Waals surface area contributed by atoms with Gasteiger partial charge in [0.25, 0.3) is 5.91 Å². The molecule has 100 valence electrons. The Labute approximate surface area is 110 Å². The molecule has 2 N–H and O–H groups in total. The number of nitrogens with one attached hydrogen (secondary N) is 1. The standard InChI is InChI=1S/C13H15N3O3/c17-7-10-8-19-5-4-16(10)13(18)11-6-9-2-1-3-14-12(9)15-11/h1-3,6,10,17H,4-5,7-8H2,(H,14,15)/t10-/m1/s1. The molecule has 19 heavy (non-hydrogen) atoms. The normalized spacial score (nSPS) is 19.8. The molecule has 1 fully saturated rings. The largest absolute Gasteiger partial charge is 0.394 e. The van der Waals surface area contributed by atoms with Crippen molar-refractivity contribution in [3.63, 3.8) is 0 Å². The third-order valence-corrected chi connectivity index (χ3v) is 3.32. The number of rotatable bonds is 2. The second-order valence-electron chi connectivity index (χ2n) is 4.53. The Balaban J connectivity index is 1.89. The van der Waals surface area contributed by atoms with Crippen LogP contribution in [0.4, 0.5) is 0 Å². The van der Waals surface area contributed by atoms with Crippen molar-refractivity contribution in [1.82, 2.24) is 14.9 Å². The van der Waals surface area contributed by atoms with Gasteiger partial charge in [0.05, 0.1) is 25.9 Å². The fraction of sp³-hybridized carbons (Fsp3) is 0.385. The molecule has 0 aromatic carbocycles. The minimum absolute atomic E-state index is 0.0930. The molecule has 0 aliphatic carbocycles. The zero-order chi connectivity index (χ0) is 13.2. The summed E-state index contributed by atoms with van der Waals surface area (Å²) in [5.41, 5.74) is 1.19. The van der Waals surface area contributed by atoms with Crippen LogP contribution in [0.1, 0.15) is 10.5 Å². The number of hydrogen-bond acceptors (Lipinski definition) is 4. The Bertz CT molecular complexity index is 563. The molecular weight excluding hydrogens is 246 g/mol. The molecule has 1 aliphatic rings. The molecule has 2 aromatic rings. The van der Waals surface area contributed by atoms with Crippen LogP contribution in [0.3, 0.4) is 0 Å². The lowest BCUT2D eigenvalue weighted by molar-refractivity contribution is -0.0186. The topological polar surface area (TPSA) is 78.5 Å². The number of pyridine rings is 1. The molecule has 1 aliphatic heterocycles. The lowest BCUT2D eigenvalue weighted by Gasteiger charge is -2.34. The van der Waals surface area contributed by atoms with Gasteiger partial charge in [0.1, 0.15) is 11.3 Å². The Morgan fingerprint density at radius 2 is 2.53 bits per heavy atom. The highest BCUT2D eigenvalue weighted by Gasteiger charge is 2.28. The predicted octanol–water partition coefficient (Wildman–Crippen LogP) is 0.396. The first kappa shape index (κ1) is 12.1. The van der Waals surface area contributed by atoms with Gasteiger partial charge >= 0.3 is 0 Å². The second-order valence-corrected chi connectivity index (χ2v) is 4.53. The highest BCUT2D eigenvalue weighted by molar-refractivity contribution is 5.97. The summed E-state index contributed by atoms with van der Waals surface area (Å²) in [7, 11) is 0. The van der Waals surface area contributed by atoms with Crippen LogP contribution in [-0.2, 0) is 4.74 Å². The van der Waals surface area contributed by atoms with E-state index in [1.807, 2.05) is 12.1 Å². The molecule has 0 spiro atoms. The fourth-order valence-corrected chi connectivity index (χ4v) is 2.30. The molecule has 3 rings (SSSR count). The monoisotopic (exact) mass is 261 g/mol. The van der Waals surface area contributed by atoms with Gasteiger partial charge in [0.15, 0.2) is 0 Å². The number of ether oxygens (including phenoxy) is 1. The van der Waals surface area contributed by atoms with Gasteiger partial charge in [-0.1, -0.05) is 0 Å². The number of H-pyrrole nitrogens is 1. The highest BCUT2D eigenvalue weighted by Crippen LogP contribution is 2.16. The van der Waals surface area contributed by atoms with Crippen molar-refractivity contribution in [2.75, 3.05) is 26.4 Å². The van der Waals surface area contributed by atoms with E-state index in [9.17, 15) is 9.90 Å². The van der Waals surface area contributed by atoms with Crippen molar-refractivity contribution < 1.29 is 14.6 Å². The summed E-state index contributed by atoms with van der Waals surface area (Å²) in [6.07, 6.45) is 1.68. The van der Waals surface area contributed by atoms with Crippen molar-refractivity contribution in [1.29, 1.82) is 0 Å². The lowest BCUT2D eigenvalue weighted by Crippen LogP contribution is -2.50. The molecule has 6 nitrogen and oxygen atoms in total.